The predicted molar refractivity (Wildman–Crippen MR) is 70.5 cm³/mol. The van der Waals surface area contributed by atoms with Crippen molar-refractivity contribution in [3.8, 4) is 0 Å². The molecular formula is C11H13N5O3S. The van der Waals surface area contributed by atoms with Crippen LogP contribution in [0, 0.1) is 0 Å². The first kappa shape index (κ1) is 14.1. The highest BCUT2D eigenvalue weighted by Gasteiger charge is 2.14. The highest BCUT2D eigenvalue weighted by Crippen LogP contribution is 2.16. The third kappa shape index (κ3) is 3.60. The molecule has 0 radical (unpaired) electrons. The van der Waals surface area contributed by atoms with E-state index in [1.807, 2.05) is 12.3 Å². The van der Waals surface area contributed by atoms with Gasteiger partial charge < -0.3 is 10.4 Å². The maximum absolute atomic E-state index is 11.8. The maximum Gasteiger partial charge on any atom is 0.325 e. The van der Waals surface area contributed by atoms with Crippen LogP contribution in [0.4, 0.5) is 0 Å². The third-order valence-electron chi connectivity index (χ3n) is 2.51. The molecule has 2 aromatic heterocycles. The molecule has 2 rings (SSSR count). The van der Waals surface area contributed by atoms with Crippen molar-refractivity contribution < 1.29 is 14.7 Å². The summed E-state index contributed by atoms with van der Waals surface area (Å²) in [5.41, 5.74) is 0.0950. The minimum atomic E-state index is -1.04. The smallest absolute Gasteiger partial charge is 0.325 e. The summed E-state index contributed by atoms with van der Waals surface area (Å²) in [4.78, 5) is 26.5. The van der Waals surface area contributed by atoms with Gasteiger partial charge in [-0.3, -0.25) is 9.59 Å². The van der Waals surface area contributed by atoms with Gasteiger partial charge >= 0.3 is 5.97 Å². The number of nitrogens with zero attached hydrogens (tertiary/aromatic N) is 4. The number of aliphatic carboxylic acids is 1. The van der Waals surface area contributed by atoms with E-state index < -0.39 is 5.97 Å². The summed E-state index contributed by atoms with van der Waals surface area (Å²) in [6.45, 7) is 2.06. The highest BCUT2D eigenvalue weighted by atomic mass is 32.1. The quantitative estimate of drug-likeness (QED) is 0.796. The second-order valence-electron chi connectivity index (χ2n) is 4.18. The third-order valence-corrected chi connectivity index (χ3v) is 3.52. The molecule has 9 heteroatoms. The zero-order valence-electron chi connectivity index (χ0n) is 10.7. The number of carboxylic acids is 1. The minimum absolute atomic E-state index is 0.0950. The Morgan fingerprint density at radius 1 is 1.55 bits per heavy atom. The fourth-order valence-electron chi connectivity index (χ4n) is 1.52. The Bertz CT molecular complexity index is 595. The van der Waals surface area contributed by atoms with Crippen LogP contribution in [0.15, 0.2) is 17.8 Å². The molecule has 2 heterocycles. The van der Waals surface area contributed by atoms with Crippen molar-refractivity contribution in [3.63, 3.8) is 0 Å². The molecule has 20 heavy (non-hydrogen) atoms. The summed E-state index contributed by atoms with van der Waals surface area (Å²) >= 11 is 1.53. The van der Waals surface area contributed by atoms with Crippen molar-refractivity contribution in [1.82, 2.24) is 25.3 Å². The fraction of sp³-hybridized carbons (Fsp3) is 0.364. The number of aromatic nitrogens is 4. The van der Waals surface area contributed by atoms with E-state index in [1.54, 1.807) is 6.20 Å². The van der Waals surface area contributed by atoms with E-state index in [4.69, 9.17) is 5.11 Å². The Hall–Kier alpha value is -2.29. The van der Waals surface area contributed by atoms with E-state index in [9.17, 15) is 9.59 Å². The van der Waals surface area contributed by atoms with Gasteiger partial charge in [-0.25, -0.2) is 9.67 Å². The summed E-state index contributed by atoms with van der Waals surface area (Å²) in [5, 5.41) is 21.3. The van der Waals surface area contributed by atoms with Gasteiger partial charge in [0.05, 0.1) is 11.2 Å². The van der Waals surface area contributed by atoms with Gasteiger partial charge in [0.15, 0.2) is 5.69 Å². The summed E-state index contributed by atoms with van der Waals surface area (Å²) in [5.74, 6) is -1.32. The number of thiazole rings is 1. The van der Waals surface area contributed by atoms with Gasteiger partial charge in [-0.1, -0.05) is 12.1 Å². The first-order chi connectivity index (χ1) is 9.56. The van der Waals surface area contributed by atoms with Gasteiger partial charge in [-0.15, -0.1) is 16.4 Å². The Balaban J connectivity index is 1.88. The zero-order chi connectivity index (χ0) is 14.5. The largest absolute Gasteiger partial charge is 0.480 e. The van der Waals surface area contributed by atoms with E-state index >= 15 is 0 Å². The number of rotatable bonds is 6. The van der Waals surface area contributed by atoms with E-state index in [-0.39, 0.29) is 24.1 Å². The SMILES string of the molecule is CC(CNC(=O)c1cn(CC(=O)O)nn1)c1nccs1. The lowest BCUT2D eigenvalue weighted by Gasteiger charge is -2.08. The standard InChI is InChI=1S/C11H13N5O3S/c1-7(11-12-2-3-20-11)4-13-10(19)8-5-16(15-14-8)6-9(17)18/h2-3,5,7H,4,6H2,1H3,(H,13,19)(H,17,18). The number of amides is 1. The molecule has 0 bridgehead atoms. The topological polar surface area (TPSA) is 110 Å². The Kier molecular flexibility index (Phi) is 4.41. The zero-order valence-corrected chi connectivity index (χ0v) is 11.5. The molecule has 2 aromatic rings. The van der Waals surface area contributed by atoms with Crippen LogP contribution in [0.5, 0.6) is 0 Å². The van der Waals surface area contributed by atoms with Crippen LogP contribution >= 0.6 is 11.3 Å². The summed E-state index contributed by atoms with van der Waals surface area (Å²) in [6.07, 6.45) is 3.02. The normalized spacial score (nSPS) is 12.1. The Labute approximate surface area is 118 Å². The molecular weight excluding hydrogens is 282 g/mol. The first-order valence-electron chi connectivity index (χ1n) is 5.85. The van der Waals surface area contributed by atoms with Crippen LogP contribution in [0.1, 0.15) is 28.3 Å². The van der Waals surface area contributed by atoms with Gasteiger partial charge in [0.2, 0.25) is 0 Å². The summed E-state index contributed by atoms with van der Waals surface area (Å²) < 4.78 is 1.10. The van der Waals surface area contributed by atoms with Crippen molar-refractivity contribution in [1.29, 1.82) is 0 Å². The van der Waals surface area contributed by atoms with Crippen LogP contribution in [-0.2, 0) is 11.3 Å². The van der Waals surface area contributed by atoms with Crippen LogP contribution in [-0.4, -0.2) is 43.5 Å². The molecule has 0 saturated heterocycles. The molecule has 0 aromatic carbocycles. The van der Waals surface area contributed by atoms with E-state index in [0.717, 1.165) is 9.69 Å². The van der Waals surface area contributed by atoms with Gasteiger partial charge in [-0.05, 0) is 0 Å². The van der Waals surface area contributed by atoms with Crippen molar-refractivity contribution in [3.05, 3.63) is 28.5 Å². The highest BCUT2D eigenvalue weighted by molar-refractivity contribution is 7.09. The van der Waals surface area contributed by atoms with E-state index in [1.165, 1.54) is 17.5 Å². The molecule has 0 spiro atoms. The van der Waals surface area contributed by atoms with Crippen molar-refractivity contribution >= 4 is 23.2 Å². The average Bonchev–Trinajstić information content (AvgIpc) is 3.05. The molecule has 1 atom stereocenters. The number of carbonyl (C=O) groups is 2. The number of nitrogens with one attached hydrogen (secondary N) is 1. The van der Waals surface area contributed by atoms with Crippen LogP contribution < -0.4 is 5.32 Å². The number of hydrogen-bond acceptors (Lipinski definition) is 6. The Morgan fingerprint density at radius 2 is 2.35 bits per heavy atom. The van der Waals surface area contributed by atoms with E-state index in [2.05, 4.69) is 20.6 Å². The molecule has 0 saturated carbocycles. The molecule has 8 nitrogen and oxygen atoms in total. The van der Waals surface area contributed by atoms with Gasteiger partial charge in [0.25, 0.3) is 5.91 Å². The molecule has 0 aliphatic heterocycles. The van der Waals surface area contributed by atoms with E-state index in [0.29, 0.717) is 6.54 Å². The molecule has 2 N–H and O–H groups in total. The van der Waals surface area contributed by atoms with Gasteiger partial charge in [0, 0.05) is 24.0 Å². The van der Waals surface area contributed by atoms with Crippen LogP contribution in [0.3, 0.4) is 0 Å². The first-order valence-corrected chi connectivity index (χ1v) is 6.73. The summed E-state index contributed by atoms with van der Waals surface area (Å²) in [7, 11) is 0. The number of carbonyl (C=O) groups excluding carboxylic acids is 1. The fourth-order valence-corrected chi connectivity index (χ4v) is 2.22. The maximum atomic E-state index is 11.8. The predicted octanol–water partition coefficient (Wildman–Crippen LogP) is 0.353. The monoisotopic (exact) mass is 295 g/mol. The lowest BCUT2D eigenvalue weighted by molar-refractivity contribution is -0.137. The van der Waals surface area contributed by atoms with Crippen LogP contribution in [0.25, 0.3) is 0 Å². The summed E-state index contributed by atoms with van der Waals surface area (Å²) in [6, 6.07) is 0. The molecule has 106 valence electrons. The van der Waals surface area contributed by atoms with Crippen molar-refractivity contribution in [2.75, 3.05) is 6.54 Å². The minimum Gasteiger partial charge on any atom is -0.480 e. The molecule has 0 aliphatic carbocycles. The average molecular weight is 295 g/mol. The van der Waals surface area contributed by atoms with Gasteiger partial charge in [-0.2, -0.15) is 0 Å². The lowest BCUT2D eigenvalue weighted by Crippen LogP contribution is -2.27. The molecule has 0 fully saturated rings. The Morgan fingerprint density at radius 3 is 3.00 bits per heavy atom. The van der Waals surface area contributed by atoms with Crippen molar-refractivity contribution in [2.45, 2.75) is 19.4 Å². The second-order valence-corrected chi connectivity index (χ2v) is 5.10. The molecule has 0 aliphatic rings. The lowest BCUT2D eigenvalue weighted by atomic mass is 10.2. The number of hydrogen-bond donors (Lipinski definition) is 2. The number of carboxylic acid groups (broad SMARTS) is 1. The van der Waals surface area contributed by atoms with Crippen molar-refractivity contribution in [2.24, 2.45) is 0 Å². The molecule has 1 unspecified atom stereocenters. The van der Waals surface area contributed by atoms with Gasteiger partial charge in [0.1, 0.15) is 6.54 Å². The second kappa shape index (κ2) is 6.24. The van der Waals surface area contributed by atoms with Crippen LogP contribution in [0.2, 0.25) is 0 Å². The molecule has 1 amide bonds.